The predicted octanol–water partition coefficient (Wildman–Crippen LogP) is 13.6. The molecule has 0 amide bonds. The first-order chi connectivity index (χ1) is 23.8. The second-order valence-electron chi connectivity index (χ2n) is 12.9. The summed E-state index contributed by atoms with van der Waals surface area (Å²) in [5.74, 6) is 0. The van der Waals surface area contributed by atoms with Crippen molar-refractivity contribution in [1.82, 2.24) is 0 Å². The van der Waals surface area contributed by atoms with E-state index in [2.05, 4.69) is 182 Å². The zero-order valence-electron chi connectivity index (χ0n) is 26.3. The van der Waals surface area contributed by atoms with Crippen LogP contribution >= 0.6 is 0 Å². The van der Waals surface area contributed by atoms with Gasteiger partial charge in [0.05, 0.1) is 0 Å². The van der Waals surface area contributed by atoms with Gasteiger partial charge in [0.15, 0.2) is 0 Å². The molecule has 48 heavy (non-hydrogen) atoms. The van der Waals surface area contributed by atoms with Gasteiger partial charge in [-0.05, 0) is 128 Å². The van der Waals surface area contributed by atoms with E-state index in [1.54, 1.807) is 0 Å². The monoisotopic (exact) mass is 606 g/mol. The van der Waals surface area contributed by atoms with Crippen LogP contribution in [0.1, 0.15) is 0 Å². The fraction of sp³-hybridized carbons (Fsp3) is 0. The van der Waals surface area contributed by atoms with Crippen molar-refractivity contribution in [2.75, 3.05) is 0 Å². The number of benzene rings is 10. The maximum Gasteiger partial charge on any atom is -0.00201 e. The van der Waals surface area contributed by atoms with Crippen molar-refractivity contribution >= 4 is 64.6 Å². The van der Waals surface area contributed by atoms with Crippen molar-refractivity contribution in [1.29, 1.82) is 0 Å². The molecule has 0 aliphatic rings. The molecule has 222 valence electrons. The summed E-state index contributed by atoms with van der Waals surface area (Å²) in [5.41, 5.74) is 7.49. The van der Waals surface area contributed by atoms with Gasteiger partial charge in [0.25, 0.3) is 0 Å². The number of hydrogen-bond acceptors (Lipinski definition) is 0. The van der Waals surface area contributed by atoms with Gasteiger partial charge in [-0.1, -0.05) is 152 Å². The summed E-state index contributed by atoms with van der Waals surface area (Å²) in [4.78, 5) is 0. The van der Waals surface area contributed by atoms with E-state index in [1.165, 1.54) is 98.0 Å². The molecule has 10 aromatic rings. The molecule has 0 aromatic heterocycles. The zero-order chi connectivity index (χ0) is 31.6. The van der Waals surface area contributed by atoms with E-state index in [-0.39, 0.29) is 0 Å². The highest BCUT2D eigenvalue weighted by Gasteiger charge is 2.18. The summed E-state index contributed by atoms with van der Waals surface area (Å²) in [5, 5.41) is 15.3. The molecule has 0 N–H and O–H groups in total. The number of hydrogen-bond donors (Lipinski definition) is 0. The van der Waals surface area contributed by atoms with Gasteiger partial charge >= 0.3 is 0 Å². The third-order valence-corrected chi connectivity index (χ3v) is 10.2. The highest BCUT2D eigenvalue weighted by atomic mass is 14.2. The lowest BCUT2D eigenvalue weighted by molar-refractivity contribution is 1.66. The van der Waals surface area contributed by atoms with E-state index in [0.29, 0.717) is 0 Å². The van der Waals surface area contributed by atoms with Gasteiger partial charge in [0.1, 0.15) is 0 Å². The van der Waals surface area contributed by atoms with Gasteiger partial charge in [-0.3, -0.25) is 0 Å². The molecule has 0 nitrogen and oxygen atoms in total. The van der Waals surface area contributed by atoms with Crippen molar-refractivity contribution in [3.63, 3.8) is 0 Å². The van der Waals surface area contributed by atoms with E-state index in [1.807, 2.05) is 0 Å². The second-order valence-corrected chi connectivity index (χ2v) is 12.9. The van der Waals surface area contributed by atoms with Crippen LogP contribution in [-0.4, -0.2) is 0 Å². The molecular weight excluding hydrogens is 577 g/mol. The van der Waals surface area contributed by atoms with Crippen LogP contribution in [0.3, 0.4) is 0 Å². The topological polar surface area (TPSA) is 0 Å². The van der Waals surface area contributed by atoms with Crippen molar-refractivity contribution in [2.24, 2.45) is 0 Å². The molecule has 10 rings (SSSR count). The van der Waals surface area contributed by atoms with E-state index in [0.717, 1.165) is 0 Å². The molecule has 0 atom stereocenters. The summed E-state index contributed by atoms with van der Waals surface area (Å²) in [6, 6.07) is 67.2. The molecule has 0 heteroatoms. The Morgan fingerprint density at radius 1 is 0.208 bits per heavy atom. The zero-order valence-corrected chi connectivity index (χ0v) is 26.3. The van der Waals surface area contributed by atoms with E-state index in [4.69, 9.17) is 0 Å². The lowest BCUT2D eigenvalue weighted by atomic mass is 9.84. The molecule has 0 saturated heterocycles. The fourth-order valence-electron chi connectivity index (χ4n) is 7.93. The Morgan fingerprint density at radius 2 is 0.750 bits per heavy atom. The Kier molecular flexibility index (Phi) is 5.98. The molecular formula is C48H30. The van der Waals surface area contributed by atoms with Gasteiger partial charge in [-0.2, -0.15) is 0 Å². The van der Waals surface area contributed by atoms with Crippen LogP contribution < -0.4 is 0 Å². The minimum absolute atomic E-state index is 1.23. The smallest absolute Gasteiger partial charge is 0.00201 e. The third kappa shape index (κ3) is 4.16. The van der Waals surface area contributed by atoms with Crippen LogP contribution in [-0.2, 0) is 0 Å². The van der Waals surface area contributed by atoms with Gasteiger partial charge in [-0.25, -0.2) is 0 Å². The molecule has 0 aliphatic heterocycles. The van der Waals surface area contributed by atoms with Crippen molar-refractivity contribution in [3.8, 4) is 33.4 Å². The van der Waals surface area contributed by atoms with Gasteiger partial charge < -0.3 is 0 Å². The normalized spacial score (nSPS) is 11.8. The largest absolute Gasteiger partial charge is 0.0622 e. The summed E-state index contributed by atoms with van der Waals surface area (Å²) in [7, 11) is 0. The Balaban J connectivity index is 1.32. The fourth-order valence-corrected chi connectivity index (χ4v) is 7.93. The van der Waals surface area contributed by atoms with Crippen LogP contribution in [0.15, 0.2) is 182 Å². The lowest BCUT2D eigenvalue weighted by Gasteiger charge is -2.19. The van der Waals surface area contributed by atoms with Gasteiger partial charge in [0.2, 0.25) is 0 Å². The van der Waals surface area contributed by atoms with Crippen LogP contribution in [0.25, 0.3) is 98.0 Å². The quantitative estimate of drug-likeness (QED) is 0.176. The maximum absolute atomic E-state index is 2.47. The second kappa shape index (κ2) is 10.7. The van der Waals surface area contributed by atoms with E-state index >= 15 is 0 Å². The first-order valence-electron chi connectivity index (χ1n) is 16.7. The first kappa shape index (κ1) is 26.9. The van der Waals surface area contributed by atoms with Crippen LogP contribution in [0.2, 0.25) is 0 Å². The van der Waals surface area contributed by atoms with E-state index < -0.39 is 0 Å². The highest BCUT2D eigenvalue weighted by molar-refractivity contribution is 6.28. The van der Waals surface area contributed by atoms with Crippen LogP contribution in [0.4, 0.5) is 0 Å². The minimum atomic E-state index is 1.23. The Bertz CT molecular complexity index is 2880. The van der Waals surface area contributed by atoms with Crippen LogP contribution in [0, 0.1) is 0 Å². The molecule has 0 aliphatic carbocycles. The van der Waals surface area contributed by atoms with Gasteiger partial charge in [-0.15, -0.1) is 0 Å². The lowest BCUT2D eigenvalue weighted by Crippen LogP contribution is -1.91. The molecule has 10 aromatic carbocycles. The average Bonchev–Trinajstić information content (AvgIpc) is 3.16. The molecule has 0 fully saturated rings. The maximum atomic E-state index is 2.47. The van der Waals surface area contributed by atoms with Crippen molar-refractivity contribution < 1.29 is 0 Å². The summed E-state index contributed by atoms with van der Waals surface area (Å²) < 4.78 is 0. The van der Waals surface area contributed by atoms with Crippen molar-refractivity contribution in [2.45, 2.75) is 0 Å². The molecule has 0 bridgehead atoms. The van der Waals surface area contributed by atoms with Crippen LogP contribution in [0.5, 0.6) is 0 Å². The average molecular weight is 607 g/mol. The Morgan fingerprint density at radius 3 is 1.54 bits per heavy atom. The van der Waals surface area contributed by atoms with Gasteiger partial charge in [0, 0.05) is 0 Å². The molecule has 0 heterocycles. The standard InChI is InChI=1S/C48H30/c1-2-13-32(14-3-1)44-29-37-27-35(34-23-22-31-12-4-5-15-33(31)26-34)24-25-39(37)48-43-21-11-10-20-42(43)46(30-47(44)48)45-28-36-16-6-7-17-38(36)40-18-8-9-19-41(40)45/h1-30H. The van der Waals surface area contributed by atoms with Crippen molar-refractivity contribution in [3.05, 3.63) is 182 Å². The summed E-state index contributed by atoms with van der Waals surface area (Å²) >= 11 is 0. The Hall–Kier alpha value is -6.24. The Labute approximate surface area is 279 Å². The number of fused-ring (bicyclic) bond motifs is 9. The number of rotatable bonds is 3. The minimum Gasteiger partial charge on any atom is -0.0622 e. The molecule has 0 unspecified atom stereocenters. The third-order valence-electron chi connectivity index (χ3n) is 10.2. The predicted molar refractivity (Wildman–Crippen MR) is 208 cm³/mol. The summed E-state index contributed by atoms with van der Waals surface area (Å²) in [6.45, 7) is 0. The highest BCUT2D eigenvalue weighted by Crippen LogP contribution is 2.45. The molecule has 0 radical (unpaired) electrons. The first-order valence-corrected chi connectivity index (χ1v) is 16.7. The molecule has 0 saturated carbocycles. The molecule has 0 spiro atoms. The SMILES string of the molecule is c1ccc(-c2cc3cc(-c4ccc5ccccc5c4)ccc3c3c2cc(-c2cc4ccccc4c4ccccc24)c2ccccc23)cc1. The van der Waals surface area contributed by atoms with E-state index in [9.17, 15) is 0 Å². The summed E-state index contributed by atoms with van der Waals surface area (Å²) in [6.07, 6.45) is 0.